The van der Waals surface area contributed by atoms with Gasteiger partial charge < -0.3 is 24.6 Å². The van der Waals surface area contributed by atoms with Gasteiger partial charge in [-0.05, 0) is 36.6 Å². The van der Waals surface area contributed by atoms with E-state index in [2.05, 4.69) is 17.2 Å². The zero-order chi connectivity index (χ0) is 32.3. The normalized spacial score (nSPS) is 12.8. The van der Waals surface area contributed by atoms with Gasteiger partial charge in [0.15, 0.2) is 6.61 Å². The van der Waals surface area contributed by atoms with E-state index >= 15 is 0 Å². The first kappa shape index (κ1) is 37.3. The maximum atomic E-state index is 12.6. The van der Waals surface area contributed by atoms with Crippen molar-refractivity contribution >= 4 is 13.5 Å². The quantitative estimate of drug-likeness (QED) is 0.0879. The summed E-state index contributed by atoms with van der Waals surface area (Å²) in [6.45, 7) is 0.822. The van der Waals surface area contributed by atoms with Crippen LogP contribution in [0.15, 0.2) is 54.5 Å². The van der Waals surface area contributed by atoms with E-state index in [1.165, 1.54) is 75.8 Å². The first-order valence-electron chi connectivity index (χ1n) is 15.3. The number of ether oxygens (including phenoxy) is 2. The minimum absolute atomic E-state index is 0.00527. The largest absolute Gasteiger partial charge is 0.487 e. The van der Waals surface area contributed by atoms with Crippen molar-refractivity contribution < 1.29 is 41.8 Å². The predicted octanol–water partition coefficient (Wildman–Crippen LogP) is 8.02. The topological polar surface area (TPSA) is 118 Å². The summed E-state index contributed by atoms with van der Waals surface area (Å²) in [5.41, 5.74) is 1.19. The van der Waals surface area contributed by atoms with Crippen molar-refractivity contribution in [1.82, 2.24) is 10.3 Å². The van der Waals surface area contributed by atoms with Crippen LogP contribution in [0.4, 0.5) is 13.2 Å². The zero-order valence-electron chi connectivity index (χ0n) is 25.4. The van der Waals surface area contributed by atoms with E-state index in [1.54, 1.807) is 24.3 Å². The molecule has 1 amide bonds. The molecule has 0 bridgehead atoms. The summed E-state index contributed by atoms with van der Waals surface area (Å²) >= 11 is 0. The monoisotopic (exact) mass is 642 g/mol. The van der Waals surface area contributed by atoms with Crippen molar-refractivity contribution in [1.29, 1.82) is 0 Å². The molecule has 1 aromatic heterocycles. The lowest BCUT2D eigenvalue weighted by Crippen LogP contribution is -2.34. The van der Waals surface area contributed by atoms with Crippen molar-refractivity contribution in [2.24, 2.45) is 0 Å². The number of nitrogens with zero attached hydrogens (tertiary/aromatic N) is 1. The Morgan fingerprint density at radius 1 is 0.932 bits per heavy atom. The van der Waals surface area contributed by atoms with Gasteiger partial charge in [-0.15, -0.1) is 0 Å². The first-order valence-corrected chi connectivity index (χ1v) is 17.0. The maximum absolute atomic E-state index is 12.6. The number of benzene rings is 1. The summed E-state index contributed by atoms with van der Waals surface area (Å²) in [7, 11) is -4.40. The molecule has 246 valence electrons. The summed E-state index contributed by atoms with van der Waals surface area (Å²) < 4.78 is 59.0. The predicted molar refractivity (Wildman–Crippen MR) is 164 cm³/mol. The van der Waals surface area contributed by atoms with E-state index in [-0.39, 0.29) is 18.3 Å². The number of carbonyl (C=O) groups excluding carboxylic acids is 1. The smallest absolute Gasteiger partial charge is 0.422 e. The number of halogens is 3. The highest BCUT2D eigenvalue weighted by atomic mass is 31.2. The number of alkyl halides is 3. The lowest BCUT2D eigenvalue weighted by Gasteiger charge is -2.16. The van der Waals surface area contributed by atoms with Gasteiger partial charge >= 0.3 is 13.8 Å². The Balaban J connectivity index is 1.79. The van der Waals surface area contributed by atoms with E-state index < -0.39 is 26.4 Å². The molecule has 1 heterocycles. The van der Waals surface area contributed by atoms with Crippen molar-refractivity contribution in [3.8, 4) is 11.5 Å². The third-order valence-electron chi connectivity index (χ3n) is 6.82. The molecule has 0 unspecified atom stereocenters. The van der Waals surface area contributed by atoms with Gasteiger partial charge in [-0.1, -0.05) is 89.3 Å². The highest BCUT2D eigenvalue weighted by molar-refractivity contribution is 7.55. The van der Waals surface area contributed by atoms with E-state index in [1.807, 2.05) is 0 Å². The Morgan fingerprint density at radius 2 is 1.55 bits per heavy atom. The van der Waals surface area contributed by atoms with Gasteiger partial charge in [-0.25, -0.2) is 0 Å². The highest BCUT2D eigenvalue weighted by Gasteiger charge is 2.28. The Hall–Kier alpha value is -2.88. The molecular weight excluding hydrogens is 596 g/mol. The number of nitrogens with one attached hydrogen (secondary N) is 1. The molecule has 1 aromatic carbocycles. The van der Waals surface area contributed by atoms with E-state index in [9.17, 15) is 32.3 Å². The van der Waals surface area contributed by atoms with E-state index in [4.69, 9.17) is 9.47 Å². The highest BCUT2D eigenvalue weighted by Crippen LogP contribution is 2.36. The van der Waals surface area contributed by atoms with Crippen molar-refractivity contribution in [2.45, 2.75) is 109 Å². The second-order valence-electron chi connectivity index (χ2n) is 10.9. The van der Waals surface area contributed by atoms with Gasteiger partial charge in [0.25, 0.3) is 0 Å². The van der Waals surface area contributed by atoms with Crippen molar-refractivity contribution in [2.75, 3.05) is 6.61 Å². The number of unbranched alkanes of at least 4 members (excludes halogenated alkanes) is 10. The average molecular weight is 643 g/mol. The number of aromatic nitrogens is 1. The third-order valence-corrected chi connectivity index (χ3v) is 7.38. The lowest BCUT2D eigenvalue weighted by atomic mass is 10.0. The second-order valence-corrected chi connectivity index (χ2v) is 12.4. The Morgan fingerprint density at radius 3 is 2.14 bits per heavy atom. The van der Waals surface area contributed by atoms with Crippen LogP contribution in [0.5, 0.6) is 11.5 Å². The minimum atomic E-state index is -4.44. The maximum Gasteiger partial charge on any atom is 0.422 e. The molecule has 2 rings (SSSR count). The summed E-state index contributed by atoms with van der Waals surface area (Å²) in [6, 6.07) is 9.00. The third kappa shape index (κ3) is 18.7. The zero-order valence-corrected chi connectivity index (χ0v) is 26.3. The molecule has 0 aliphatic heterocycles. The molecule has 1 atom stereocenters. The number of pyridine rings is 1. The SMILES string of the molecule is CCCCCCCCCCCCCC(=O)N[C@@H](/C=C/P(=O)(O)O)Cc1ccc(OCc2cc(OCC(F)(F)F)ccn2)cc1. The van der Waals surface area contributed by atoms with Crippen LogP contribution in [-0.4, -0.2) is 39.5 Å². The van der Waals surface area contributed by atoms with Crippen LogP contribution in [0.2, 0.25) is 0 Å². The Bertz CT molecular complexity index is 1170. The van der Waals surface area contributed by atoms with Crippen LogP contribution >= 0.6 is 7.60 Å². The molecular formula is C32H46F3N2O6P. The number of amides is 1. The van der Waals surface area contributed by atoms with Crippen LogP contribution in [0, 0.1) is 0 Å². The molecule has 3 N–H and O–H groups in total. The van der Waals surface area contributed by atoms with Gasteiger partial charge in [0.05, 0.1) is 11.7 Å². The van der Waals surface area contributed by atoms with Crippen LogP contribution in [0.1, 0.15) is 95.2 Å². The second kappa shape index (κ2) is 20.2. The molecule has 12 heteroatoms. The molecule has 0 fully saturated rings. The van der Waals surface area contributed by atoms with E-state index in [0.29, 0.717) is 24.3 Å². The van der Waals surface area contributed by atoms with Gasteiger partial charge in [-0.2, -0.15) is 13.2 Å². The van der Waals surface area contributed by atoms with Crippen molar-refractivity contribution in [3.05, 3.63) is 65.7 Å². The fourth-order valence-corrected chi connectivity index (χ4v) is 4.97. The van der Waals surface area contributed by atoms with Crippen molar-refractivity contribution in [3.63, 3.8) is 0 Å². The Kier molecular flexibility index (Phi) is 17.1. The Labute approximate surface area is 258 Å². The van der Waals surface area contributed by atoms with Crippen LogP contribution in [-0.2, 0) is 22.4 Å². The summed E-state index contributed by atoms with van der Waals surface area (Å²) in [4.78, 5) is 35.2. The number of hydrogen-bond acceptors (Lipinski definition) is 5. The van der Waals surface area contributed by atoms with Gasteiger partial charge in [-0.3, -0.25) is 14.3 Å². The summed E-state index contributed by atoms with van der Waals surface area (Å²) in [5.74, 6) is 1.15. The van der Waals surface area contributed by atoms with Gasteiger partial charge in [0, 0.05) is 24.5 Å². The van der Waals surface area contributed by atoms with Crippen LogP contribution < -0.4 is 14.8 Å². The standard InChI is InChI=1S/C32H46F3N2O6P/c1-2-3-4-5-6-7-8-9-10-11-12-13-31(38)37-27(19-21-44(39,40)41)22-26-14-16-29(17-15-26)42-24-28-23-30(18-20-36-28)43-25-32(33,34)35/h14-21,23,27H,2-13,22,24-25H2,1H3,(H,37,38)(H2,39,40,41)/b21-19+/t27-/m0/s1. The van der Waals surface area contributed by atoms with Gasteiger partial charge in [0.1, 0.15) is 18.1 Å². The lowest BCUT2D eigenvalue weighted by molar-refractivity contribution is -0.153. The molecule has 2 aromatic rings. The minimum Gasteiger partial charge on any atom is -0.487 e. The average Bonchev–Trinajstić information content (AvgIpc) is 2.97. The number of carbonyl (C=O) groups is 1. The first-order chi connectivity index (χ1) is 20.9. The van der Waals surface area contributed by atoms with E-state index in [0.717, 1.165) is 30.6 Å². The fourth-order valence-electron chi connectivity index (χ4n) is 4.53. The molecule has 0 radical (unpaired) electrons. The molecule has 0 aliphatic rings. The van der Waals surface area contributed by atoms with Crippen LogP contribution in [0.3, 0.4) is 0 Å². The molecule has 0 saturated carbocycles. The number of rotatable bonds is 22. The number of hydrogen-bond donors (Lipinski definition) is 3. The summed E-state index contributed by atoms with van der Waals surface area (Å²) in [5, 5.41) is 2.87. The molecule has 0 spiro atoms. The fraction of sp³-hybridized carbons (Fsp3) is 0.562. The van der Waals surface area contributed by atoms with Crippen LogP contribution in [0.25, 0.3) is 0 Å². The molecule has 0 saturated heterocycles. The molecule has 0 aliphatic carbocycles. The summed E-state index contributed by atoms with van der Waals surface area (Å²) in [6.07, 6.45) is 11.8. The van der Waals surface area contributed by atoms with Gasteiger partial charge in [0.2, 0.25) is 5.91 Å². The molecule has 44 heavy (non-hydrogen) atoms. The molecule has 8 nitrogen and oxygen atoms in total.